The Hall–Kier alpha value is -2.67. The molecule has 3 heterocycles. The van der Waals surface area contributed by atoms with Crippen LogP contribution in [0, 0.1) is 12.3 Å². The minimum Gasteiger partial charge on any atom is -0.495 e. The fourth-order valence-electron chi connectivity index (χ4n) is 4.03. The van der Waals surface area contributed by atoms with Crippen molar-refractivity contribution in [1.29, 1.82) is 0 Å². The van der Waals surface area contributed by atoms with Gasteiger partial charge in [0.15, 0.2) is 6.10 Å². The van der Waals surface area contributed by atoms with Crippen molar-refractivity contribution in [2.24, 2.45) is 5.41 Å². The van der Waals surface area contributed by atoms with E-state index in [0.717, 1.165) is 42.9 Å². The molecule has 0 amide bonds. The van der Waals surface area contributed by atoms with Gasteiger partial charge in [0.1, 0.15) is 5.75 Å². The summed E-state index contributed by atoms with van der Waals surface area (Å²) in [6, 6.07) is 3.73. The first kappa shape index (κ1) is 24.0. The number of carboxylic acids is 1. The van der Waals surface area contributed by atoms with E-state index >= 15 is 0 Å². The van der Waals surface area contributed by atoms with Gasteiger partial charge in [0.2, 0.25) is 0 Å². The van der Waals surface area contributed by atoms with Crippen molar-refractivity contribution in [3.8, 4) is 17.0 Å². The maximum atomic E-state index is 12.4. The van der Waals surface area contributed by atoms with Crippen molar-refractivity contribution in [2.75, 3.05) is 25.1 Å². The van der Waals surface area contributed by atoms with E-state index < -0.39 is 17.7 Å². The normalized spacial score (nSPS) is 17.2. The number of carbonyl (C=O) groups is 1. The summed E-state index contributed by atoms with van der Waals surface area (Å²) in [5, 5.41) is 10.1. The van der Waals surface area contributed by atoms with Crippen LogP contribution in [0.3, 0.4) is 0 Å². The summed E-state index contributed by atoms with van der Waals surface area (Å²) in [5.74, 6) is -0.363. The molecule has 0 bridgehead atoms. The Labute approximate surface area is 190 Å². The Balaban J connectivity index is 2.21. The van der Waals surface area contributed by atoms with Gasteiger partial charge in [-0.2, -0.15) is 0 Å². The Kier molecular flexibility index (Phi) is 6.79. The Morgan fingerprint density at radius 3 is 2.31 bits per heavy atom. The van der Waals surface area contributed by atoms with Gasteiger partial charge in [0.05, 0.1) is 30.3 Å². The van der Waals surface area contributed by atoms with Crippen LogP contribution in [-0.2, 0) is 9.53 Å². The zero-order valence-corrected chi connectivity index (χ0v) is 20.2. The Morgan fingerprint density at radius 1 is 1.16 bits per heavy atom. The Bertz CT molecular complexity index is 954. The zero-order valence-electron chi connectivity index (χ0n) is 20.2. The van der Waals surface area contributed by atoms with Gasteiger partial charge in [-0.05, 0) is 58.1 Å². The number of nitrogens with zero attached hydrogens (tertiary/aromatic N) is 3. The molecule has 7 heteroatoms. The molecule has 0 aliphatic carbocycles. The summed E-state index contributed by atoms with van der Waals surface area (Å²) in [7, 11) is 1.60. The van der Waals surface area contributed by atoms with Crippen molar-refractivity contribution in [1.82, 2.24) is 9.97 Å². The van der Waals surface area contributed by atoms with Crippen LogP contribution < -0.4 is 9.64 Å². The predicted octanol–water partition coefficient (Wildman–Crippen LogP) is 5.03. The second-order valence-corrected chi connectivity index (χ2v) is 10.2. The highest BCUT2D eigenvalue weighted by Gasteiger charge is 2.35. The summed E-state index contributed by atoms with van der Waals surface area (Å²) in [6.07, 6.45) is 4.35. The molecule has 2 aromatic heterocycles. The lowest BCUT2D eigenvalue weighted by molar-refractivity contribution is -0.160. The summed E-state index contributed by atoms with van der Waals surface area (Å²) in [6.45, 7) is 13.6. The van der Waals surface area contributed by atoms with E-state index in [0.29, 0.717) is 17.0 Å². The predicted molar refractivity (Wildman–Crippen MR) is 125 cm³/mol. The minimum absolute atomic E-state index is 0.255. The molecule has 1 saturated heterocycles. The molecule has 1 unspecified atom stereocenters. The number of piperidine rings is 1. The SMILES string of the molecule is COc1ccc(-c2cnc(C)c(C(OC(C)(C)C)C(=O)O)c2N2CCC(C)(C)CC2)nc1. The minimum atomic E-state index is -1.13. The first-order valence-corrected chi connectivity index (χ1v) is 11.1. The lowest BCUT2D eigenvalue weighted by Gasteiger charge is -2.40. The van der Waals surface area contributed by atoms with Gasteiger partial charge in [0.25, 0.3) is 0 Å². The first-order valence-electron chi connectivity index (χ1n) is 11.1. The average molecular weight is 442 g/mol. The van der Waals surface area contributed by atoms with Gasteiger partial charge in [0, 0.05) is 36.1 Å². The molecule has 0 aromatic carbocycles. The van der Waals surface area contributed by atoms with Gasteiger partial charge >= 0.3 is 5.97 Å². The first-order chi connectivity index (χ1) is 14.9. The summed E-state index contributed by atoms with van der Waals surface area (Å²) in [4.78, 5) is 23.8. The average Bonchev–Trinajstić information content (AvgIpc) is 2.71. The highest BCUT2D eigenvalue weighted by molar-refractivity contribution is 5.85. The van der Waals surface area contributed by atoms with Crippen LogP contribution in [0.25, 0.3) is 11.3 Å². The van der Waals surface area contributed by atoms with Crippen LogP contribution in [-0.4, -0.2) is 46.8 Å². The number of aromatic nitrogens is 2. The summed E-state index contributed by atoms with van der Waals surface area (Å²) in [5.41, 5.74) is 3.25. The van der Waals surface area contributed by atoms with Gasteiger partial charge < -0.3 is 19.5 Å². The second kappa shape index (κ2) is 9.06. The fourth-order valence-corrected chi connectivity index (χ4v) is 4.03. The molecule has 7 nitrogen and oxygen atoms in total. The molecular weight excluding hydrogens is 406 g/mol. The standard InChI is InChI=1S/C25H35N3O4/c1-16-20(22(23(29)30)32-24(2,3)4)21(28-12-10-25(5,6)11-13-28)18(15-26-16)19-9-8-17(31-7)14-27-19/h8-9,14-15,22H,10-13H2,1-7H3,(H,29,30). The van der Waals surface area contributed by atoms with Crippen LogP contribution in [0.15, 0.2) is 24.5 Å². The summed E-state index contributed by atoms with van der Waals surface area (Å²) >= 11 is 0. The number of rotatable bonds is 6. The van der Waals surface area contributed by atoms with E-state index in [9.17, 15) is 9.90 Å². The third-order valence-corrected chi connectivity index (χ3v) is 5.93. The number of pyridine rings is 2. The van der Waals surface area contributed by atoms with E-state index in [1.54, 1.807) is 19.5 Å². The van der Waals surface area contributed by atoms with Crippen molar-refractivity contribution >= 4 is 11.7 Å². The van der Waals surface area contributed by atoms with Crippen LogP contribution in [0.4, 0.5) is 5.69 Å². The Morgan fingerprint density at radius 2 is 1.81 bits per heavy atom. The van der Waals surface area contributed by atoms with Crippen molar-refractivity contribution in [2.45, 2.75) is 66.1 Å². The number of hydrogen-bond acceptors (Lipinski definition) is 6. The maximum absolute atomic E-state index is 12.4. The van der Waals surface area contributed by atoms with Gasteiger partial charge in [-0.25, -0.2) is 4.79 Å². The van der Waals surface area contributed by atoms with E-state index in [1.165, 1.54) is 0 Å². The van der Waals surface area contributed by atoms with E-state index in [2.05, 4.69) is 28.7 Å². The lowest BCUT2D eigenvalue weighted by Crippen LogP contribution is -2.39. The van der Waals surface area contributed by atoms with Crippen molar-refractivity contribution in [3.05, 3.63) is 35.8 Å². The molecule has 1 aliphatic rings. The molecule has 0 saturated carbocycles. The molecule has 1 N–H and O–H groups in total. The van der Waals surface area contributed by atoms with Crippen LogP contribution >= 0.6 is 0 Å². The molecule has 0 spiro atoms. The maximum Gasteiger partial charge on any atom is 0.337 e. The molecule has 32 heavy (non-hydrogen) atoms. The monoisotopic (exact) mass is 441 g/mol. The fraction of sp³-hybridized carbons (Fsp3) is 0.560. The van der Waals surface area contributed by atoms with Crippen LogP contribution in [0.5, 0.6) is 5.75 Å². The number of methoxy groups -OCH3 is 1. The van der Waals surface area contributed by atoms with Crippen molar-refractivity contribution in [3.63, 3.8) is 0 Å². The highest BCUT2D eigenvalue weighted by atomic mass is 16.5. The zero-order chi connectivity index (χ0) is 23.7. The van der Waals surface area contributed by atoms with Gasteiger partial charge in [-0.15, -0.1) is 0 Å². The molecule has 1 atom stereocenters. The number of anilines is 1. The molecular formula is C25H35N3O4. The molecule has 2 aromatic rings. The van der Waals surface area contributed by atoms with E-state index in [4.69, 9.17) is 9.47 Å². The van der Waals surface area contributed by atoms with Gasteiger partial charge in [-0.1, -0.05) is 13.8 Å². The smallest absolute Gasteiger partial charge is 0.337 e. The van der Waals surface area contributed by atoms with Crippen LogP contribution in [0.1, 0.15) is 64.8 Å². The quantitative estimate of drug-likeness (QED) is 0.673. The van der Waals surface area contributed by atoms with Crippen molar-refractivity contribution < 1.29 is 19.4 Å². The van der Waals surface area contributed by atoms with Crippen LogP contribution in [0.2, 0.25) is 0 Å². The number of aliphatic carboxylic acids is 1. The molecule has 3 rings (SSSR count). The third-order valence-electron chi connectivity index (χ3n) is 5.93. The summed E-state index contributed by atoms with van der Waals surface area (Å²) < 4.78 is 11.3. The van der Waals surface area contributed by atoms with Gasteiger partial charge in [-0.3, -0.25) is 9.97 Å². The van der Waals surface area contributed by atoms with E-state index in [1.807, 2.05) is 39.8 Å². The lowest BCUT2D eigenvalue weighted by atomic mass is 9.82. The number of aryl methyl sites for hydroxylation is 1. The molecule has 1 fully saturated rings. The second-order valence-electron chi connectivity index (χ2n) is 10.2. The third kappa shape index (κ3) is 5.38. The molecule has 0 radical (unpaired) electrons. The number of ether oxygens (including phenoxy) is 2. The highest BCUT2D eigenvalue weighted by Crippen LogP contribution is 2.43. The number of carboxylic acid groups (broad SMARTS) is 1. The number of hydrogen-bond donors (Lipinski definition) is 1. The largest absolute Gasteiger partial charge is 0.495 e. The van der Waals surface area contributed by atoms with E-state index in [-0.39, 0.29) is 5.41 Å². The molecule has 1 aliphatic heterocycles. The topological polar surface area (TPSA) is 84.8 Å². The molecule has 174 valence electrons.